The predicted octanol–water partition coefficient (Wildman–Crippen LogP) is -0.798. The molecule has 0 amide bonds. The monoisotopic (exact) mass is 160 g/mol. The molecule has 0 aromatic rings. The Labute approximate surface area is 65.9 Å². The average molecular weight is 160 g/mol. The van der Waals surface area contributed by atoms with Crippen molar-refractivity contribution in [3.05, 3.63) is 0 Å². The second-order valence-electron chi connectivity index (χ2n) is 2.80. The minimum absolute atomic E-state index is 0.0844. The zero-order chi connectivity index (χ0) is 6.97. The van der Waals surface area contributed by atoms with Crippen molar-refractivity contribution in [2.75, 3.05) is 19.6 Å². The fraction of sp³-hybridized carbons (Fsp3) is 1.00. The van der Waals surface area contributed by atoms with E-state index in [1.54, 1.807) is 0 Å². The van der Waals surface area contributed by atoms with Gasteiger partial charge in [0.2, 0.25) is 0 Å². The third kappa shape index (κ3) is 1.16. The Morgan fingerprint density at radius 2 is 2.20 bits per heavy atom. The lowest BCUT2D eigenvalue weighted by molar-refractivity contribution is 0.00256. The first-order chi connectivity index (χ1) is 4.86. The van der Waals surface area contributed by atoms with Crippen molar-refractivity contribution in [2.24, 2.45) is 0 Å². The summed E-state index contributed by atoms with van der Waals surface area (Å²) in [4.78, 5) is 0. The van der Waals surface area contributed by atoms with Crippen LogP contribution >= 0.6 is 12.6 Å². The van der Waals surface area contributed by atoms with Crippen molar-refractivity contribution in [3.63, 3.8) is 0 Å². The van der Waals surface area contributed by atoms with Crippen molar-refractivity contribution in [1.29, 1.82) is 0 Å². The number of hydrogen-bond acceptors (Lipinski definition) is 4. The van der Waals surface area contributed by atoms with Crippen molar-refractivity contribution < 1.29 is 4.74 Å². The standard InChI is InChI=1S/C6H12N2OS/c10-6-3-8-4-1-7-2-5(4)9-6/h4-8,10H,1-3H2. The molecule has 2 aliphatic heterocycles. The molecule has 0 spiro atoms. The molecule has 10 heavy (non-hydrogen) atoms. The average Bonchev–Trinajstić information content (AvgIpc) is 2.33. The summed E-state index contributed by atoms with van der Waals surface area (Å²) in [7, 11) is 0. The Morgan fingerprint density at radius 3 is 3.10 bits per heavy atom. The van der Waals surface area contributed by atoms with Gasteiger partial charge in [0.15, 0.2) is 0 Å². The van der Waals surface area contributed by atoms with Crippen LogP contribution in [0.25, 0.3) is 0 Å². The van der Waals surface area contributed by atoms with E-state index in [4.69, 9.17) is 4.74 Å². The molecule has 0 radical (unpaired) electrons. The molecular formula is C6H12N2OS. The van der Waals surface area contributed by atoms with Crippen molar-refractivity contribution in [1.82, 2.24) is 10.6 Å². The number of nitrogens with one attached hydrogen (secondary N) is 2. The molecule has 2 N–H and O–H groups in total. The Balaban J connectivity index is 1.96. The molecule has 2 rings (SSSR count). The first-order valence-corrected chi connectivity index (χ1v) is 4.15. The molecule has 2 fully saturated rings. The summed E-state index contributed by atoms with van der Waals surface area (Å²) in [6.45, 7) is 2.87. The van der Waals surface area contributed by atoms with Crippen molar-refractivity contribution in [2.45, 2.75) is 17.6 Å². The predicted molar refractivity (Wildman–Crippen MR) is 42.3 cm³/mol. The zero-order valence-corrected chi connectivity index (χ0v) is 6.60. The molecule has 0 saturated carbocycles. The highest BCUT2D eigenvalue weighted by molar-refractivity contribution is 7.80. The lowest BCUT2D eigenvalue weighted by Crippen LogP contribution is -2.50. The summed E-state index contributed by atoms with van der Waals surface area (Å²) < 4.78 is 5.55. The molecular weight excluding hydrogens is 148 g/mol. The molecule has 2 saturated heterocycles. The lowest BCUT2D eigenvalue weighted by Gasteiger charge is -2.30. The van der Waals surface area contributed by atoms with Gasteiger partial charge in [-0.15, -0.1) is 12.6 Å². The second-order valence-corrected chi connectivity index (χ2v) is 3.38. The minimum Gasteiger partial charge on any atom is -0.360 e. The van der Waals surface area contributed by atoms with Gasteiger partial charge in [0.1, 0.15) is 5.44 Å². The summed E-state index contributed by atoms with van der Waals surface area (Å²) in [5.41, 5.74) is 0.0844. The van der Waals surface area contributed by atoms with Gasteiger partial charge in [-0.2, -0.15) is 0 Å². The highest BCUT2D eigenvalue weighted by Crippen LogP contribution is 2.14. The van der Waals surface area contributed by atoms with Gasteiger partial charge in [0.05, 0.1) is 6.10 Å². The van der Waals surface area contributed by atoms with Crippen molar-refractivity contribution >= 4 is 12.6 Å². The summed E-state index contributed by atoms with van der Waals surface area (Å²) in [6, 6.07) is 0.517. The maximum atomic E-state index is 5.55. The smallest absolute Gasteiger partial charge is 0.113 e. The first kappa shape index (κ1) is 6.91. The Bertz CT molecular complexity index is 133. The normalized spacial score (nSPS) is 47.1. The van der Waals surface area contributed by atoms with E-state index >= 15 is 0 Å². The van der Waals surface area contributed by atoms with Crippen LogP contribution in [0.4, 0.5) is 0 Å². The molecule has 58 valence electrons. The SMILES string of the molecule is SC1CNC2CNCC2O1. The van der Waals surface area contributed by atoms with Crippen LogP contribution in [0.2, 0.25) is 0 Å². The highest BCUT2D eigenvalue weighted by atomic mass is 32.1. The van der Waals surface area contributed by atoms with E-state index in [9.17, 15) is 0 Å². The number of morpholine rings is 1. The van der Waals surface area contributed by atoms with Gasteiger partial charge in [0.25, 0.3) is 0 Å². The summed E-state index contributed by atoms with van der Waals surface area (Å²) >= 11 is 4.23. The molecule has 2 heterocycles. The molecule has 4 heteroatoms. The van der Waals surface area contributed by atoms with Crippen LogP contribution in [-0.2, 0) is 4.74 Å². The minimum atomic E-state index is 0.0844. The van der Waals surface area contributed by atoms with Crippen molar-refractivity contribution in [3.8, 4) is 0 Å². The molecule has 0 aromatic carbocycles. The van der Waals surface area contributed by atoms with Gasteiger partial charge < -0.3 is 15.4 Å². The van der Waals surface area contributed by atoms with E-state index in [0.29, 0.717) is 12.1 Å². The molecule has 2 aliphatic rings. The van der Waals surface area contributed by atoms with Crippen LogP contribution in [0.5, 0.6) is 0 Å². The van der Waals surface area contributed by atoms with E-state index < -0.39 is 0 Å². The molecule has 3 unspecified atom stereocenters. The number of rotatable bonds is 0. The van der Waals surface area contributed by atoms with Crippen LogP contribution in [0.1, 0.15) is 0 Å². The van der Waals surface area contributed by atoms with E-state index in [2.05, 4.69) is 23.3 Å². The Kier molecular flexibility index (Phi) is 1.86. The van der Waals surface area contributed by atoms with Crippen LogP contribution in [0.3, 0.4) is 0 Å². The van der Waals surface area contributed by atoms with Gasteiger partial charge in [0, 0.05) is 25.7 Å². The van der Waals surface area contributed by atoms with Crippen LogP contribution < -0.4 is 10.6 Å². The topological polar surface area (TPSA) is 33.3 Å². The van der Waals surface area contributed by atoms with Gasteiger partial charge in [-0.05, 0) is 0 Å². The summed E-state index contributed by atoms with van der Waals surface area (Å²) in [5, 5.41) is 6.63. The fourth-order valence-corrected chi connectivity index (χ4v) is 1.77. The molecule has 0 bridgehead atoms. The number of thiol groups is 1. The Hall–Kier alpha value is 0.230. The number of fused-ring (bicyclic) bond motifs is 1. The summed E-state index contributed by atoms with van der Waals surface area (Å²) in [6.07, 6.45) is 0.344. The van der Waals surface area contributed by atoms with Crippen LogP contribution in [0, 0.1) is 0 Å². The largest absolute Gasteiger partial charge is 0.360 e. The lowest BCUT2D eigenvalue weighted by atomic mass is 10.2. The van der Waals surface area contributed by atoms with Crippen LogP contribution in [0.15, 0.2) is 0 Å². The van der Waals surface area contributed by atoms with Gasteiger partial charge in [-0.25, -0.2) is 0 Å². The molecule has 0 aromatic heterocycles. The van der Waals surface area contributed by atoms with E-state index in [-0.39, 0.29) is 5.44 Å². The molecule has 3 nitrogen and oxygen atoms in total. The van der Waals surface area contributed by atoms with Gasteiger partial charge in [-0.1, -0.05) is 0 Å². The maximum absolute atomic E-state index is 5.55. The number of ether oxygens (including phenoxy) is 1. The third-order valence-electron chi connectivity index (χ3n) is 2.05. The maximum Gasteiger partial charge on any atom is 0.113 e. The fourth-order valence-electron chi connectivity index (χ4n) is 1.50. The van der Waals surface area contributed by atoms with Gasteiger partial charge >= 0.3 is 0 Å². The zero-order valence-electron chi connectivity index (χ0n) is 5.71. The van der Waals surface area contributed by atoms with Crippen LogP contribution in [-0.4, -0.2) is 37.2 Å². The summed E-state index contributed by atoms with van der Waals surface area (Å²) in [5.74, 6) is 0. The van der Waals surface area contributed by atoms with E-state index in [1.165, 1.54) is 0 Å². The molecule has 0 aliphatic carbocycles. The second kappa shape index (κ2) is 2.70. The van der Waals surface area contributed by atoms with E-state index in [1.807, 2.05) is 0 Å². The van der Waals surface area contributed by atoms with Gasteiger partial charge in [-0.3, -0.25) is 0 Å². The Morgan fingerprint density at radius 1 is 1.30 bits per heavy atom. The molecule has 3 atom stereocenters. The quantitative estimate of drug-likeness (QED) is 0.406. The van der Waals surface area contributed by atoms with E-state index in [0.717, 1.165) is 19.6 Å². The third-order valence-corrected chi connectivity index (χ3v) is 2.35. The number of hydrogen-bond donors (Lipinski definition) is 3. The highest BCUT2D eigenvalue weighted by Gasteiger charge is 2.32. The first-order valence-electron chi connectivity index (χ1n) is 3.64.